The van der Waals surface area contributed by atoms with Crippen LogP contribution in [0.15, 0.2) is 53.8 Å². The maximum atomic E-state index is 15.2. The van der Waals surface area contributed by atoms with Gasteiger partial charge < -0.3 is 9.80 Å². The van der Waals surface area contributed by atoms with Crippen LogP contribution in [0, 0.1) is 11.6 Å². The van der Waals surface area contributed by atoms with Crippen molar-refractivity contribution >= 4 is 21.5 Å². The zero-order valence-electron chi connectivity index (χ0n) is 22.5. The number of benzene rings is 2. The maximum Gasteiger partial charge on any atom is 0.416 e. The molecule has 1 N–H and O–H groups in total. The molecule has 2 heterocycles. The Morgan fingerprint density at radius 2 is 1.85 bits per heavy atom. The molecule has 1 aliphatic heterocycles. The van der Waals surface area contributed by atoms with Crippen LogP contribution in [0.4, 0.5) is 33.5 Å². The van der Waals surface area contributed by atoms with Crippen molar-refractivity contribution in [2.75, 3.05) is 36.8 Å². The smallest absolute Gasteiger partial charge is 0.370 e. The van der Waals surface area contributed by atoms with E-state index in [4.69, 9.17) is 0 Å². The van der Waals surface area contributed by atoms with Gasteiger partial charge in [-0.05, 0) is 93.6 Å². The van der Waals surface area contributed by atoms with E-state index in [9.17, 15) is 21.6 Å². The molecule has 7 nitrogen and oxygen atoms in total. The molecular weight excluding hydrogens is 565 g/mol. The maximum absolute atomic E-state index is 15.2. The largest absolute Gasteiger partial charge is 0.416 e. The van der Waals surface area contributed by atoms with Gasteiger partial charge in [0.25, 0.3) is 10.0 Å². The number of likely N-dealkylation sites (N-methyl/N-ethyl adjacent to an activating group) is 1. The minimum absolute atomic E-state index is 0.0940. The van der Waals surface area contributed by atoms with E-state index in [1.54, 1.807) is 6.07 Å². The topological polar surface area (TPSA) is 78.4 Å². The average molecular weight is 596 g/mol. The molecule has 1 aromatic heterocycles. The number of hydrogen-bond donors (Lipinski definition) is 1. The van der Waals surface area contributed by atoms with E-state index in [1.165, 1.54) is 18.3 Å². The van der Waals surface area contributed by atoms with E-state index in [1.807, 2.05) is 23.9 Å². The summed E-state index contributed by atoms with van der Waals surface area (Å²) in [6, 6.07) is 7.21. The summed E-state index contributed by atoms with van der Waals surface area (Å²) < 4.78 is 98.3. The number of halogens is 5. The van der Waals surface area contributed by atoms with Gasteiger partial charge in [0.15, 0.2) is 4.90 Å². The molecule has 5 rings (SSSR count). The van der Waals surface area contributed by atoms with Crippen molar-refractivity contribution in [2.24, 2.45) is 0 Å². The molecule has 2 aliphatic rings. The van der Waals surface area contributed by atoms with E-state index < -0.39 is 43.8 Å². The highest BCUT2D eigenvalue weighted by Gasteiger charge is 2.42. The molecule has 1 fully saturated rings. The van der Waals surface area contributed by atoms with Gasteiger partial charge in [-0.3, -0.25) is 4.72 Å². The van der Waals surface area contributed by atoms with Crippen molar-refractivity contribution in [3.8, 4) is 0 Å². The van der Waals surface area contributed by atoms with Crippen LogP contribution < -0.4 is 9.62 Å². The van der Waals surface area contributed by atoms with Crippen molar-refractivity contribution in [1.29, 1.82) is 0 Å². The highest BCUT2D eigenvalue weighted by molar-refractivity contribution is 7.92. The number of hydrogen-bond acceptors (Lipinski definition) is 6. The summed E-state index contributed by atoms with van der Waals surface area (Å²) in [4.78, 5) is 10.2. The molecule has 1 aliphatic carbocycles. The zero-order valence-corrected chi connectivity index (χ0v) is 23.4. The third-order valence-electron chi connectivity index (χ3n) is 8.24. The van der Waals surface area contributed by atoms with Gasteiger partial charge in [-0.25, -0.2) is 27.2 Å². The second-order valence-corrected chi connectivity index (χ2v) is 12.6. The number of fused-ring (bicyclic) bond motifs is 1. The lowest BCUT2D eigenvalue weighted by Crippen LogP contribution is -2.57. The quantitative estimate of drug-likeness (QED) is 0.359. The molecule has 3 aromatic rings. The monoisotopic (exact) mass is 595 g/mol. The lowest BCUT2D eigenvalue weighted by molar-refractivity contribution is -0.137. The van der Waals surface area contributed by atoms with Gasteiger partial charge in [0.05, 0.1) is 5.56 Å². The number of nitrogens with one attached hydrogen (secondary N) is 1. The van der Waals surface area contributed by atoms with E-state index >= 15 is 8.78 Å². The number of rotatable bonds is 7. The van der Waals surface area contributed by atoms with Crippen LogP contribution >= 0.6 is 0 Å². The van der Waals surface area contributed by atoms with Crippen molar-refractivity contribution in [3.63, 3.8) is 0 Å². The van der Waals surface area contributed by atoms with E-state index in [2.05, 4.69) is 14.7 Å². The Kier molecular flexibility index (Phi) is 7.70. The Balaban J connectivity index is 1.41. The fourth-order valence-electron chi connectivity index (χ4n) is 6.11. The van der Waals surface area contributed by atoms with Gasteiger partial charge in [-0.1, -0.05) is 6.07 Å². The molecule has 0 bridgehead atoms. The fraction of sp³-hybridized carbons (Fsp3) is 0.429. The SMILES string of the molecule is CN(C)[C@@]1(C[C@H]2CCc3ccc(C(F)(F)F)cc32)CCCN(c2cc(F)c(S(=O)(=O)Nc3ccncn3)c(F)c2)C1. The van der Waals surface area contributed by atoms with Crippen molar-refractivity contribution < 1.29 is 30.4 Å². The van der Waals surface area contributed by atoms with Crippen LogP contribution in [0.2, 0.25) is 0 Å². The summed E-state index contributed by atoms with van der Waals surface area (Å²) in [6.45, 7) is 0.855. The molecule has 13 heteroatoms. The third-order valence-corrected chi connectivity index (χ3v) is 9.65. The number of nitrogens with zero attached hydrogens (tertiary/aromatic N) is 4. The van der Waals surface area contributed by atoms with Crippen molar-refractivity contribution in [3.05, 3.63) is 77.2 Å². The summed E-state index contributed by atoms with van der Waals surface area (Å²) in [5, 5.41) is 0. The Hall–Kier alpha value is -3.32. The van der Waals surface area contributed by atoms with E-state index in [-0.39, 0.29) is 17.4 Å². The van der Waals surface area contributed by atoms with Crippen LogP contribution in [0.3, 0.4) is 0 Å². The molecule has 0 amide bonds. The van der Waals surface area contributed by atoms with Gasteiger partial charge in [0, 0.05) is 30.5 Å². The molecule has 2 aromatic carbocycles. The lowest BCUT2D eigenvalue weighted by atomic mass is 9.77. The fourth-order valence-corrected chi connectivity index (χ4v) is 7.24. The zero-order chi connectivity index (χ0) is 29.6. The normalized spacial score (nSPS) is 21.3. The summed E-state index contributed by atoms with van der Waals surface area (Å²) in [7, 11) is -0.806. The standard InChI is InChI=1S/C28H30F5N5O2S/c1-37(2)27(15-19-5-4-18-6-7-20(12-22(18)19)28(31,32)33)9-3-11-38(16-27)21-13-23(29)26(24(30)14-21)41(39,40)36-25-8-10-34-17-35-25/h6-8,10,12-14,17,19H,3-5,9,11,15-16H2,1-2H3,(H,34,35,36)/t19-,27-/m1/s1. The van der Waals surface area contributed by atoms with Crippen LogP contribution in [0.25, 0.3) is 0 Å². The molecule has 0 unspecified atom stereocenters. The Bertz CT molecular complexity index is 1510. The van der Waals surface area contributed by atoms with Gasteiger partial charge in [0.1, 0.15) is 23.8 Å². The average Bonchev–Trinajstić information content (AvgIpc) is 3.29. The van der Waals surface area contributed by atoms with Crippen LogP contribution in [0.1, 0.15) is 48.3 Å². The number of alkyl halides is 3. The highest BCUT2D eigenvalue weighted by atomic mass is 32.2. The summed E-state index contributed by atoms with van der Waals surface area (Å²) >= 11 is 0. The predicted molar refractivity (Wildman–Crippen MR) is 144 cm³/mol. The summed E-state index contributed by atoms with van der Waals surface area (Å²) in [6.07, 6.45) is 1.38. The molecule has 0 spiro atoms. The molecule has 220 valence electrons. The molecule has 0 radical (unpaired) electrons. The predicted octanol–water partition coefficient (Wildman–Crippen LogP) is 5.60. The highest BCUT2D eigenvalue weighted by Crippen LogP contribution is 2.45. The first-order valence-electron chi connectivity index (χ1n) is 13.2. The first-order chi connectivity index (χ1) is 19.3. The number of sulfonamides is 1. The number of aryl methyl sites for hydroxylation is 1. The second kappa shape index (κ2) is 10.8. The molecule has 1 saturated heterocycles. The van der Waals surface area contributed by atoms with Gasteiger partial charge in [-0.2, -0.15) is 13.2 Å². The molecule has 0 saturated carbocycles. The summed E-state index contributed by atoms with van der Waals surface area (Å²) in [5.41, 5.74) is 0.674. The Labute approximate surface area is 235 Å². The van der Waals surface area contributed by atoms with Crippen molar-refractivity contribution in [2.45, 2.75) is 54.6 Å². The van der Waals surface area contributed by atoms with Crippen molar-refractivity contribution in [1.82, 2.24) is 14.9 Å². The molecular formula is C28H30F5N5O2S. The first kappa shape index (κ1) is 29.2. The van der Waals surface area contributed by atoms with E-state index in [0.717, 1.165) is 42.9 Å². The second-order valence-electron chi connectivity index (χ2n) is 10.9. The Morgan fingerprint density at radius 1 is 1.12 bits per heavy atom. The third kappa shape index (κ3) is 5.87. The van der Waals surface area contributed by atoms with Crippen LogP contribution in [-0.2, 0) is 22.6 Å². The van der Waals surface area contributed by atoms with Crippen LogP contribution in [-0.4, -0.2) is 56.0 Å². The van der Waals surface area contributed by atoms with E-state index in [0.29, 0.717) is 37.9 Å². The lowest BCUT2D eigenvalue weighted by Gasteiger charge is -2.49. The van der Waals surface area contributed by atoms with Gasteiger partial charge >= 0.3 is 6.18 Å². The van der Waals surface area contributed by atoms with Gasteiger partial charge in [0.2, 0.25) is 0 Å². The Morgan fingerprint density at radius 3 is 2.49 bits per heavy atom. The molecule has 2 atom stereocenters. The number of anilines is 2. The number of aromatic nitrogens is 2. The summed E-state index contributed by atoms with van der Waals surface area (Å²) in [5.74, 6) is -2.71. The molecule has 41 heavy (non-hydrogen) atoms. The number of piperidine rings is 1. The van der Waals surface area contributed by atoms with Gasteiger partial charge in [-0.15, -0.1) is 0 Å². The minimum atomic E-state index is -4.61. The first-order valence-corrected chi connectivity index (χ1v) is 14.7. The minimum Gasteiger partial charge on any atom is -0.370 e. The van der Waals surface area contributed by atoms with Crippen LogP contribution in [0.5, 0.6) is 0 Å².